The van der Waals surface area contributed by atoms with Crippen LogP contribution in [0.3, 0.4) is 0 Å². The molecule has 0 aliphatic carbocycles. The first-order valence-electron chi connectivity index (χ1n) is 10.4. The Hall–Kier alpha value is -2.51. The molecule has 1 aliphatic heterocycles. The molecule has 1 N–H and O–H groups in total. The Morgan fingerprint density at radius 1 is 1.16 bits per heavy atom. The molecule has 1 unspecified atom stereocenters. The van der Waals surface area contributed by atoms with E-state index in [0.29, 0.717) is 24.5 Å². The minimum atomic E-state index is -2.42. The monoisotopic (exact) mass is 444 g/mol. The number of hydrogen-bond donors (Lipinski definition) is 1. The van der Waals surface area contributed by atoms with Crippen molar-refractivity contribution in [3.8, 4) is 17.0 Å². The Kier molecular flexibility index (Phi) is 7.28. The highest BCUT2D eigenvalue weighted by Gasteiger charge is 2.31. The highest BCUT2D eigenvalue weighted by Crippen LogP contribution is 2.40. The van der Waals surface area contributed by atoms with Crippen LogP contribution in [0, 0.1) is 0 Å². The third kappa shape index (κ3) is 6.24. The van der Waals surface area contributed by atoms with E-state index >= 15 is 0 Å². The first-order valence-corrected chi connectivity index (χ1v) is 14.1. The van der Waals surface area contributed by atoms with Crippen LogP contribution < -0.4 is 0 Å². The second kappa shape index (κ2) is 9.74. The van der Waals surface area contributed by atoms with Crippen molar-refractivity contribution in [2.75, 3.05) is 13.3 Å². The fraction of sp³-hybridized carbons (Fsp3) is 0.375. The van der Waals surface area contributed by atoms with Crippen molar-refractivity contribution >= 4 is 8.07 Å². The van der Waals surface area contributed by atoms with Gasteiger partial charge in [-0.1, -0.05) is 32.3 Å². The summed E-state index contributed by atoms with van der Waals surface area (Å²) in [5, 5.41) is 9.47. The number of benzene rings is 1. The summed E-state index contributed by atoms with van der Waals surface area (Å²) < 4.78 is 32.0. The van der Waals surface area contributed by atoms with Gasteiger partial charge in [0, 0.05) is 39.1 Å². The number of phenolic OH excluding ortho intramolecular Hbond substituents is 1. The summed E-state index contributed by atoms with van der Waals surface area (Å²) in [4.78, 5) is 6.48. The topological polar surface area (TPSA) is 45.6 Å². The van der Waals surface area contributed by atoms with Crippen molar-refractivity contribution in [3.63, 3.8) is 0 Å². The lowest BCUT2D eigenvalue weighted by Gasteiger charge is -2.27. The Balaban J connectivity index is 1.77. The Morgan fingerprint density at radius 3 is 2.45 bits per heavy atom. The van der Waals surface area contributed by atoms with Crippen molar-refractivity contribution < 1.29 is 18.6 Å². The molecular weight excluding hydrogens is 414 g/mol. The Labute approximate surface area is 183 Å². The van der Waals surface area contributed by atoms with Crippen LogP contribution in [0.15, 0.2) is 66.5 Å². The van der Waals surface area contributed by atoms with E-state index < -0.39 is 14.5 Å². The zero-order valence-electron chi connectivity index (χ0n) is 18.3. The molecule has 0 saturated carbocycles. The molecule has 4 nitrogen and oxygen atoms in total. The van der Waals surface area contributed by atoms with E-state index in [4.69, 9.17) is 4.74 Å². The number of aromatic hydroxyl groups is 1. The maximum absolute atomic E-state index is 13.1. The minimum Gasteiger partial charge on any atom is -0.508 e. The maximum Gasteiger partial charge on any atom is 0.242 e. The number of pyridine rings is 1. The summed E-state index contributed by atoms with van der Waals surface area (Å²) in [7, 11) is -1.21. The molecule has 3 rings (SSSR count). The lowest BCUT2D eigenvalue weighted by molar-refractivity contribution is 0.0515. The van der Waals surface area contributed by atoms with E-state index in [1.807, 2.05) is 17.0 Å². The van der Waals surface area contributed by atoms with E-state index in [1.165, 1.54) is 0 Å². The highest BCUT2D eigenvalue weighted by atomic mass is 28.3. The molecule has 1 aliphatic rings. The minimum absolute atomic E-state index is 0.199. The summed E-state index contributed by atoms with van der Waals surface area (Å²) in [5.41, 5.74) is 3.75. The first-order chi connectivity index (χ1) is 14.6. The lowest BCUT2D eigenvalue weighted by Crippen LogP contribution is -2.26. The highest BCUT2D eigenvalue weighted by molar-refractivity contribution is 6.76. The van der Waals surface area contributed by atoms with Crippen LogP contribution in [0.25, 0.3) is 11.3 Å². The third-order valence-corrected chi connectivity index (χ3v) is 6.98. The molecule has 31 heavy (non-hydrogen) atoms. The van der Waals surface area contributed by atoms with Gasteiger partial charge in [-0.05, 0) is 53.1 Å². The van der Waals surface area contributed by atoms with Gasteiger partial charge in [0.05, 0.1) is 11.7 Å². The molecule has 0 fully saturated rings. The van der Waals surface area contributed by atoms with Crippen LogP contribution in [0.1, 0.15) is 18.0 Å². The summed E-state index contributed by atoms with van der Waals surface area (Å²) in [6.45, 7) is 12.0. The van der Waals surface area contributed by atoms with Crippen LogP contribution in [-0.4, -0.2) is 42.8 Å². The van der Waals surface area contributed by atoms with Gasteiger partial charge in [0.25, 0.3) is 0 Å². The predicted octanol–water partition coefficient (Wildman–Crippen LogP) is 6.22. The van der Waals surface area contributed by atoms with Gasteiger partial charge in [0.2, 0.25) is 6.43 Å². The largest absolute Gasteiger partial charge is 0.508 e. The number of hydrogen-bond acceptors (Lipinski definition) is 4. The number of ether oxygens (including phenoxy) is 1. The summed E-state index contributed by atoms with van der Waals surface area (Å²) in [6.07, 6.45) is 0.763. The molecule has 0 amide bonds. The van der Waals surface area contributed by atoms with Gasteiger partial charge in [-0.3, -0.25) is 4.98 Å². The average molecular weight is 445 g/mol. The molecule has 1 atom stereocenters. The Bertz CT molecular complexity index is 922. The fourth-order valence-electron chi connectivity index (χ4n) is 3.51. The van der Waals surface area contributed by atoms with E-state index in [2.05, 4.69) is 31.2 Å². The number of aromatic nitrogens is 1. The molecule has 2 aromatic rings. The van der Waals surface area contributed by atoms with Crippen LogP contribution in [0.4, 0.5) is 8.78 Å². The third-order valence-electron chi connectivity index (χ3n) is 5.27. The number of alkyl halides is 2. The van der Waals surface area contributed by atoms with E-state index in [9.17, 15) is 13.9 Å². The number of nitrogens with zero attached hydrogens (tertiary/aromatic N) is 2. The van der Waals surface area contributed by atoms with Crippen molar-refractivity contribution in [2.45, 2.75) is 44.6 Å². The molecule has 2 heterocycles. The van der Waals surface area contributed by atoms with Crippen LogP contribution in [0.5, 0.6) is 5.75 Å². The maximum atomic E-state index is 13.1. The van der Waals surface area contributed by atoms with Gasteiger partial charge >= 0.3 is 0 Å². The van der Waals surface area contributed by atoms with Crippen LogP contribution in [0.2, 0.25) is 25.7 Å². The van der Waals surface area contributed by atoms with E-state index in [0.717, 1.165) is 22.9 Å². The molecule has 1 aromatic heterocycles. The van der Waals surface area contributed by atoms with Crippen molar-refractivity contribution in [1.29, 1.82) is 0 Å². The molecule has 0 spiro atoms. The predicted molar refractivity (Wildman–Crippen MR) is 123 cm³/mol. The zero-order chi connectivity index (χ0) is 22.6. The average Bonchev–Trinajstić information content (AvgIpc) is 3.00. The first kappa shape index (κ1) is 23.2. The number of halogens is 2. The van der Waals surface area contributed by atoms with Crippen LogP contribution in [-0.2, 0) is 4.74 Å². The van der Waals surface area contributed by atoms with E-state index in [-0.39, 0.29) is 18.2 Å². The van der Waals surface area contributed by atoms with Crippen molar-refractivity contribution in [1.82, 2.24) is 9.88 Å². The SMILES string of the molecule is C=C1C(CC(F)F)=CN(COCC[Si](C)(C)C)C1c1ccc(-c2ccc(O)cc2)nc1. The quantitative estimate of drug-likeness (QED) is 0.368. The summed E-state index contributed by atoms with van der Waals surface area (Å²) >= 11 is 0. The summed E-state index contributed by atoms with van der Waals surface area (Å²) in [6, 6.07) is 11.4. The van der Waals surface area contributed by atoms with Gasteiger partial charge in [0.1, 0.15) is 12.5 Å². The standard InChI is InChI=1S/C24H30F2N2O2Si/c1-17-20(13-23(25)26)15-28(16-30-11-12-31(2,3)4)24(17)19-7-10-22(27-14-19)18-5-8-21(29)9-6-18/h5-10,14-15,23-24,29H,1,11-13,16H2,2-4H3. The molecule has 0 saturated heterocycles. The lowest BCUT2D eigenvalue weighted by atomic mass is 9.96. The Morgan fingerprint density at radius 2 is 1.87 bits per heavy atom. The number of phenols is 1. The fourth-order valence-corrected chi connectivity index (χ4v) is 4.26. The van der Waals surface area contributed by atoms with Crippen molar-refractivity contribution in [2.24, 2.45) is 0 Å². The molecule has 1 aromatic carbocycles. The molecule has 166 valence electrons. The van der Waals surface area contributed by atoms with Gasteiger partial charge in [-0.25, -0.2) is 8.78 Å². The van der Waals surface area contributed by atoms with Crippen molar-refractivity contribution in [3.05, 3.63) is 72.1 Å². The van der Waals surface area contributed by atoms with Gasteiger partial charge in [-0.15, -0.1) is 0 Å². The van der Waals surface area contributed by atoms with Crippen LogP contribution >= 0.6 is 0 Å². The van der Waals surface area contributed by atoms with Gasteiger partial charge in [-0.2, -0.15) is 0 Å². The molecular formula is C24H30F2N2O2Si. The summed E-state index contributed by atoms with van der Waals surface area (Å²) in [5.74, 6) is 0.199. The molecule has 7 heteroatoms. The van der Waals surface area contributed by atoms with Gasteiger partial charge in [0.15, 0.2) is 0 Å². The van der Waals surface area contributed by atoms with E-state index in [1.54, 1.807) is 36.7 Å². The second-order valence-corrected chi connectivity index (χ2v) is 14.7. The van der Waals surface area contributed by atoms with Gasteiger partial charge < -0.3 is 14.7 Å². The normalized spacial score (nSPS) is 16.8. The zero-order valence-corrected chi connectivity index (χ0v) is 19.3. The number of rotatable bonds is 9. The molecule has 0 radical (unpaired) electrons. The molecule has 0 bridgehead atoms. The second-order valence-electron chi connectivity index (χ2n) is 9.06. The smallest absolute Gasteiger partial charge is 0.242 e.